The molecule has 7 heteroatoms. The Morgan fingerprint density at radius 3 is 2.59 bits per heavy atom. The Morgan fingerprint density at radius 2 is 1.79 bits per heavy atom. The van der Waals surface area contributed by atoms with Gasteiger partial charge in [0.1, 0.15) is 12.1 Å². The Bertz CT molecular complexity index is 1180. The van der Waals surface area contributed by atoms with Gasteiger partial charge >= 0.3 is 0 Å². The van der Waals surface area contributed by atoms with Crippen molar-refractivity contribution < 1.29 is 4.79 Å². The van der Waals surface area contributed by atoms with Gasteiger partial charge in [0.15, 0.2) is 0 Å². The number of nitrogens with one attached hydrogen (secondary N) is 2. The molecule has 5 nitrogen and oxygen atoms in total. The molecule has 0 unspecified atom stereocenters. The fraction of sp³-hybridized carbons (Fsp3) is 0.0455. The fourth-order valence-corrected chi connectivity index (χ4v) is 3.46. The SMILES string of the molecule is O=C(Cc1ccc(Cl)cc1)Nc1ccc2ncnc(Nc3cccc(Br)c3)c2c1. The molecule has 1 heterocycles. The highest BCUT2D eigenvalue weighted by atomic mass is 79.9. The van der Waals surface area contributed by atoms with Crippen LogP contribution in [0.25, 0.3) is 10.9 Å². The highest BCUT2D eigenvalue weighted by Gasteiger charge is 2.09. The Morgan fingerprint density at radius 1 is 0.966 bits per heavy atom. The fourth-order valence-electron chi connectivity index (χ4n) is 2.93. The summed E-state index contributed by atoms with van der Waals surface area (Å²) in [4.78, 5) is 21.1. The number of amides is 1. The van der Waals surface area contributed by atoms with E-state index in [1.165, 1.54) is 6.33 Å². The summed E-state index contributed by atoms with van der Waals surface area (Å²) in [5, 5.41) is 7.71. The summed E-state index contributed by atoms with van der Waals surface area (Å²) < 4.78 is 0.969. The van der Waals surface area contributed by atoms with Crippen molar-refractivity contribution in [1.82, 2.24) is 9.97 Å². The monoisotopic (exact) mass is 466 g/mol. The van der Waals surface area contributed by atoms with Crippen LogP contribution in [0.3, 0.4) is 0 Å². The van der Waals surface area contributed by atoms with Crippen LogP contribution < -0.4 is 10.6 Å². The van der Waals surface area contributed by atoms with Gasteiger partial charge in [0.05, 0.1) is 11.9 Å². The average molecular weight is 468 g/mol. The van der Waals surface area contributed by atoms with Gasteiger partial charge in [0.25, 0.3) is 0 Å². The van der Waals surface area contributed by atoms with E-state index < -0.39 is 0 Å². The van der Waals surface area contributed by atoms with Gasteiger partial charge in [-0.05, 0) is 54.1 Å². The highest BCUT2D eigenvalue weighted by molar-refractivity contribution is 9.10. The number of hydrogen-bond donors (Lipinski definition) is 2. The molecule has 0 saturated heterocycles. The van der Waals surface area contributed by atoms with Crippen LogP contribution in [-0.2, 0) is 11.2 Å². The minimum atomic E-state index is -0.106. The second kappa shape index (κ2) is 8.59. The van der Waals surface area contributed by atoms with Crippen molar-refractivity contribution in [1.29, 1.82) is 0 Å². The van der Waals surface area contributed by atoms with E-state index in [9.17, 15) is 4.79 Å². The molecule has 2 N–H and O–H groups in total. The van der Waals surface area contributed by atoms with Gasteiger partial charge < -0.3 is 10.6 Å². The van der Waals surface area contributed by atoms with E-state index in [0.29, 0.717) is 16.5 Å². The molecule has 0 saturated carbocycles. The summed E-state index contributed by atoms with van der Waals surface area (Å²) in [6.07, 6.45) is 1.78. The van der Waals surface area contributed by atoms with E-state index in [4.69, 9.17) is 11.6 Å². The average Bonchev–Trinajstić information content (AvgIpc) is 2.70. The van der Waals surface area contributed by atoms with Crippen LogP contribution in [0.1, 0.15) is 5.56 Å². The predicted octanol–water partition coefficient (Wildman–Crippen LogP) is 5.97. The number of halogens is 2. The molecule has 0 aliphatic rings. The zero-order valence-corrected chi connectivity index (χ0v) is 17.5. The molecule has 4 aromatic rings. The number of fused-ring (bicyclic) bond motifs is 1. The van der Waals surface area contributed by atoms with Crippen molar-refractivity contribution >= 4 is 61.5 Å². The molecule has 0 aliphatic carbocycles. The number of carbonyl (C=O) groups is 1. The first-order valence-corrected chi connectivity index (χ1v) is 10.1. The minimum Gasteiger partial charge on any atom is -0.340 e. The minimum absolute atomic E-state index is 0.106. The smallest absolute Gasteiger partial charge is 0.228 e. The van der Waals surface area contributed by atoms with Gasteiger partial charge in [-0.2, -0.15) is 0 Å². The molecule has 0 fully saturated rings. The second-order valence-corrected chi connectivity index (χ2v) is 7.79. The Kier molecular flexibility index (Phi) is 5.74. The summed E-state index contributed by atoms with van der Waals surface area (Å²) in [7, 11) is 0. The molecule has 0 atom stereocenters. The van der Waals surface area contributed by atoms with Gasteiger partial charge in [-0.15, -0.1) is 0 Å². The molecule has 1 amide bonds. The summed E-state index contributed by atoms with van der Waals surface area (Å²) in [5.41, 5.74) is 3.27. The van der Waals surface area contributed by atoms with Gasteiger partial charge in [-0.25, -0.2) is 9.97 Å². The second-order valence-electron chi connectivity index (χ2n) is 6.44. The topological polar surface area (TPSA) is 66.9 Å². The quantitative estimate of drug-likeness (QED) is 0.379. The summed E-state index contributed by atoms with van der Waals surface area (Å²) in [6, 6.07) is 20.6. The van der Waals surface area contributed by atoms with E-state index in [-0.39, 0.29) is 12.3 Å². The molecule has 3 aromatic carbocycles. The zero-order chi connectivity index (χ0) is 20.2. The van der Waals surface area contributed by atoms with Crippen molar-refractivity contribution in [3.8, 4) is 0 Å². The lowest BCUT2D eigenvalue weighted by atomic mass is 10.1. The first kappa shape index (κ1) is 19.4. The van der Waals surface area contributed by atoms with Gasteiger partial charge in [0, 0.05) is 26.3 Å². The largest absolute Gasteiger partial charge is 0.340 e. The number of aromatic nitrogens is 2. The standard InChI is InChI=1S/C22H16BrClN4O/c23-15-2-1-3-17(11-15)28-22-19-12-18(8-9-20(19)25-13-26-22)27-21(29)10-14-4-6-16(24)7-5-14/h1-9,11-13H,10H2,(H,27,29)(H,25,26,28). The Balaban J connectivity index is 1.56. The molecule has 4 rings (SSSR count). The molecule has 0 bridgehead atoms. The van der Waals surface area contributed by atoms with Gasteiger partial charge in [0.2, 0.25) is 5.91 Å². The summed E-state index contributed by atoms with van der Waals surface area (Å²) >= 11 is 9.36. The number of anilines is 3. The molecular weight excluding hydrogens is 452 g/mol. The molecular formula is C22H16BrClN4O. The maximum atomic E-state index is 12.4. The first-order valence-electron chi connectivity index (χ1n) is 8.88. The number of nitrogens with zero attached hydrogens (tertiary/aromatic N) is 2. The maximum absolute atomic E-state index is 12.4. The van der Waals surface area contributed by atoms with Crippen LogP contribution in [0.15, 0.2) is 77.5 Å². The Hall–Kier alpha value is -2.96. The molecule has 0 aliphatic heterocycles. The van der Waals surface area contributed by atoms with Crippen LogP contribution in [0.5, 0.6) is 0 Å². The highest BCUT2D eigenvalue weighted by Crippen LogP contribution is 2.27. The van der Waals surface area contributed by atoms with Crippen LogP contribution in [0, 0.1) is 0 Å². The van der Waals surface area contributed by atoms with E-state index in [0.717, 1.165) is 26.6 Å². The van der Waals surface area contributed by atoms with Crippen molar-refractivity contribution in [3.63, 3.8) is 0 Å². The normalized spacial score (nSPS) is 10.7. The predicted molar refractivity (Wildman–Crippen MR) is 121 cm³/mol. The first-order chi connectivity index (χ1) is 14.1. The number of benzene rings is 3. The van der Waals surface area contributed by atoms with E-state index in [2.05, 4.69) is 36.5 Å². The third-order valence-corrected chi connectivity index (χ3v) is 5.03. The number of hydrogen-bond acceptors (Lipinski definition) is 4. The molecule has 144 valence electrons. The van der Waals surface area contributed by atoms with Crippen LogP contribution in [0.2, 0.25) is 5.02 Å². The maximum Gasteiger partial charge on any atom is 0.228 e. The number of rotatable bonds is 5. The molecule has 0 radical (unpaired) electrons. The van der Waals surface area contributed by atoms with Crippen molar-refractivity contribution in [2.45, 2.75) is 6.42 Å². The lowest BCUT2D eigenvalue weighted by Gasteiger charge is -2.11. The number of carbonyl (C=O) groups excluding carboxylic acids is 1. The van der Waals surface area contributed by atoms with Gasteiger partial charge in [-0.3, -0.25) is 4.79 Å². The summed E-state index contributed by atoms with van der Waals surface area (Å²) in [6.45, 7) is 0. The third-order valence-electron chi connectivity index (χ3n) is 4.28. The molecule has 0 spiro atoms. The Labute approximate surface area is 181 Å². The third kappa shape index (κ3) is 4.91. The molecule has 29 heavy (non-hydrogen) atoms. The molecule has 1 aromatic heterocycles. The van der Waals surface area contributed by atoms with Crippen LogP contribution >= 0.6 is 27.5 Å². The van der Waals surface area contributed by atoms with E-state index >= 15 is 0 Å². The van der Waals surface area contributed by atoms with Crippen molar-refractivity contribution in [2.24, 2.45) is 0 Å². The van der Waals surface area contributed by atoms with Crippen molar-refractivity contribution in [2.75, 3.05) is 10.6 Å². The van der Waals surface area contributed by atoms with Crippen LogP contribution in [-0.4, -0.2) is 15.9 Å². The lowest BCUT2D eigenvalue weighted by Crippen LogP contribution is -2.14. The summed E-state index contributed by atoms with van der Waals surface area (Å²) in [5.74, 6) is 0.562. The zero-order valence-electron chi connectivity index (χ0n) is 15.2. The van der Waals surface area contributed by atoms with Gasteiger partial charge in [-0.1, -0.05) is 45.7 Å². The lowest BCUT2D eigenvalue weighted by molar-refractivity contribution is -0.115. The van der Waals surface area contributed by atoms with Crippen LogP contribution in [0.4, 0.5) is 17.2 Å². The van der Waals surface area contributed by atoms with Crippen molar-refractivity contribution in [3.05, 3.63) is 88.1 Å². The van der Waals surface area contributed by atoms with E-state index in [1.54, 1.807) is 12.1 Å². The van der Waals surface area contributed by atoms with E-state index in [1.807, 2.05) is 54.6 Å².